The first kappa shape index (κ1) is 12.6. The van der Waals surface area contributed by atoms with Crippen LogP contribution >= 0.6 is 11.3 Å². The van der Waals surface area contributed by atoms with Crippen molar-refractivity contribution >= 4 is 11.3 Å². The quantitative estimate of drug-likeness (QED) is 0.727. The van der Waals surface area contributed by atoms with Gasteiger partial charge in [-0.05, 0) is 12.8 Å². The minimum atomic E-state index is 0.620. The summed E-state index contributed by atoms with van der Waals surface area (Å²) in [5.74, 6) is 0.620. The molecule has 1 N–H and O–H groups in total. The number of hydrogen-bond acceptors (Lipinski definition) is 4. The predicted octanol–water partition coefficient (Wildman–Crippen LogP) is 2.21. The summed E-state index contributed by atoms with van der Waals surface area (Å²) in [4.78, 5) is 5.49. The van der Waals surface area contributed by atoms with Crippen LogP contribution in [-0.4, -0.2) is 24.7 Å². The number of aryl methyl sites for hydroxylation is 1. The predicted molar refractivity (Wildman–Crippen MR) is 64.2 cm³/mol. The van der Waals surface area contributed by atoms with E-state index in [1.165, 1.54) is 4.88 Å². The molecule has 0 saturated carbocycles. The highest BCUT2D eigenvalue weighted by Gasteiger charge is 1.97. The van der Waals surface area contributed by atoms with Crippen LogP contribution in [-0.2, 0) is 11.3 Å². The van der Waals surface area contributed by atoms with Gasteiger partial charge in [0.15, 0.2) is 0 Å². The Bertz CT molecular complexity index is 273. The summed E-state index contributed by atoms with van der Waals surface area (Å²) in [6.45, 7) is 9.79. The maximum absolute atomic E-state index is 5.46. The molecular formula is C11H20N2OS. The fourth-order valence-corrected chi connectivity index (χ4v) is 1.93. The first-order valence-electron chi connectivity index (χ1n) is 5.38. The molecule has 0 unspecified atom stereocenters. The first-order chi connectivity index (χ1) is 7.18. The van der Waals surface area contributed by atoms with Crippen LogP contribution in [0, 0.1) is 12.8 Å². The Hall–Kier alpha value is -0.450. The highest BCUT2D eigenvalue weighted by atomic mass is 32.1. The van der Waals surface area contributed by atoms with E-state index in [1.54, 1.807) is 11.3 Å². The van der Waals surface area contributed by atoms with Crippen molar-refractivity contribution in [2.75, 3.05) is 19.8 Å². The Balaban J connectivity index is 1.98. The standard InChI is InChI=1S/C11H20N2OS/c1-9(2)8-14-5-4-12-6-11-7-13-10(3)15-11/h7,9,12H,4-6,8H2,1-3H3. The van der Waals surface area contributed by atoms with Crippen LogP contribution in [0.25, 0.3) is 0 Å². The van der Waals surface area contributed by atoms with Gasteiger partial charge in [-0.3, -0.25) is 0 Å². The van der Waals surface area contributed by atoms with Gasteiger partial charge in [-0.1, -0.05) is 13.8 Å². The molecule has 0 aliphatic rings. The van der Waals surface area contributed by atoms with Crippen LogP contribution in [0.4, 0.5) is 0 Å². The number of ether oxygens (including phenoxy) is 1. The highest BCUT2D eigenvalue weighted by Crippen LogP contribution is 2.10. The van der Waals surface area contributed by atoms with E-state index in [1.807, 2.05) is 13.1 Å². The van der Waals surface area contributed by atoms with E-state index in [0.717, 1.165) is 31.3 Å². The summed E-state index contributed by atoms with van der Waals surface area (Å²) in [7, 11) is 0. The van der Waals surface area contributed by atoms with Crippen molar-refractivity contribution in [2.24, 2.45) is 5.92 Å². The number of nitrogens with zero attached hydrogens (tertiary/aromatic N) is 1. The van der Waals surface area contributed by atoms with Crippen molar-refractivity contribution in [1.82, 2.24) is 10.3 Å². The molecule has 1 aromatic heterocycles. The van der Waals surface area contributed by atoms with Gasteiger partial charge in [-0.15, -0.1) is 11.3 Å². The average molecular weight is 228 g/mol. The van der Waals surface area contributed by atoms with Gasteiger partial charge >= 0.3 is 0 Å². The van der Waals surface area contributed by atoms with Gasteiger partial charge in [-0.25, -0.2) is 4.98 Å². The molecule has 0 aliphatic heterocycles. The Kier molecular flexibility index (Phi) is 5.83. The number of hydrogen-bond donors (Lipinski definition) is 1. The molecule has 0 aliphatic carbocycles. The second-order valence-corrected chi connectivity index (χ2v) is 5.31. The Morgan fingerprint density at radius 2 is 2.33 bits per heavy atom. The molecule has 0 atom stereocenters. The van der Waals surface area contributed by atoms with Crippen LogP contribution in [0.5, 0.6) is 0 Å². The molecule has 0 saturated heterocycles. The lowest BCUT2D eigenvalue weighted by molar-refractivity contribution is 0.111. The number of nitrogens with one attached hydrogen (secondary N) is 1. The van der Waals surface area contributed by atoms with Gasteiger partial charge in [-0.2, -0.15) is 0 Å². The zero-order chi connectivity index (χ0) is 11.1. The summed E-state index contributed by atoms with van der Waals surface area (Å²) in [6, 6.07) is 0. The van der Waals surface area contributed by atoms with E-state index in [4.69, 9.17) is 4.74 Å². The third-order valence-corrected chi connectivity index (χ3v) is 2.76. The molecule has 1 heterocycles. The van der Waals surface area contributed by atoms with Crippen LogP contribution < -0.4 is 5.32 Å². The fourth-order valence-electron chi connectivity index (χ4n) is 1.16. The first-order valence-corrected chi connectivity index (χ1v) is 6.20. The minimum absolute atomic E-state index is 0.620. The van der Waals surface area contributed by atoms with Gasteiger partial charge < -0.3 is 10.1 Å². The maximum Gasteiger partial charge on any atom is 0.0897 e. The lowest BCUT2D eigenvalue weighted by Crippen LogP contribution is -2.19. The molecule has 0 bridgehead atoms. The zero-order valence-electron chi connectivity index (χ0n) is 9.75. The topological polar surface area (TPSA) is 34.2 Å². The van der Waals surface area contributed by atoms with E-state index in [0.29, 0.717) is 5.92 Å². The summed E-state index contributed by atoms with van der Waals surface area (Å²) >= 11 is 1.74. The monoisotopic (exact) mass is 228 g/mol. The Labute approximate surface area is 95.9 Å². The van der Waals surface area contributed by atoms with Gasteiger partial charge in [0, 0.05) is 30.8 Å². The Morgan fingerprint density at radius 3 is 2.93 bits per heavy atom. The molecule has 0 spiro atoms. The molecule has 0 radical (unpaired) electrons. The van der Waals surface area contributed by atoms with Crippen LogP contribution in [0.1, 0.15) is 23.7 Å². The number of thiazole rings is 1. The molecule has 1 aromatic rings. The molecule has 0 amide bonds. The van der Waals surface area contributed by atoms with Crippen molar-refractivity contribution in [3.63, 3.8) is 0 Å². The Morgan fingerprint density at radius 1 is 1.53 bits per heavy atom. The summed E-state index contributed by atoms with van der Waals surface area (Å²) in [5.41, 5.74) is 0. The lowest BCUT2D eigenvalue weighted by atomic mass is 10.2. The van der Waals surface area contributed by atoms with Crippen molar-refractivity contribution in [3.8, 4) is 0 Å². The SMILES string of the molecule is Cc1ncc(CNCCOCC(C)C)s1. The number of aromatic nitrogens is 1. The molecular weight excluding hydrogens is 208 g/mol. The van der Waals surface area contributed by atoms with Gasteiger partial charge in [0.2, 0.25) is 0 Å². The van der Waals surface area contributed by atoms with Gasteiger partial charge in [0.25, 0.3) is 0 Å². The van der Waals surface area contributed by atoms with Gasteiger partial charge in [0.1, 0.15) is 0 Å². The zero-order valence-corrected chi connectivity index (χ0v) is 10.6. The van der Waals surface area contributed by atoms with Crippen LogP contribution in [0.2, 0.25) is 0 Å². The van der Waals surface area contributed by atoms with Crippen molar-refractivity contribution in [1.29, 1.82) is 0 Å². The molecule has 4 heteroatoms. The van der Waals surface area contributed by atoms with Crippen molar-refractivity contribution in [3.05, 3.63) is 16.1 Å². The summed E-state index contributed by atoms with van der Waals surface area (Å²) < 4.78 is 5.46. The van der Waals surface area contributed by atoms with E-state index in [2.05, 4.69) is 24.1 Å². The smallest absolute Gasteiger partial charge is 0.0897 e. The summed E-state index contributed by atoms with van der Waals surface area (Å²) in [6.07, 6.45) is 1.93. The third-order valence-electron chi connectivity index (χ3n) is 1.84. The van der Waals surface area contributed by atoms with Crippen LogP contribution in [0.3, 0.4) is 0 Å². The largest absolute Gasteiger partial charge is 0.380 e. The number of rotatable bonds is 7. The van der Waals surface area contributed by atoms with Crippen molar-refractivity contribution in [2.45, 2.75) is 27.3 Å². The minimum Gasteiger partial charge on any atom is -0.380 e. The third kappa shape index (κ3) is 5.87. The van der Waals surface area contributed by atoms with Gasteiger partial charge in [0.05, 0.1) is 11.6 Å². The normalized spacial score (nSPS) is 11.2. The van der Waals surface area contributed by atoms with E-state index >= 15 is 0 Å². The van der Waals surface area contributed by atoms with E-state index < -0.39 is 0 Å². The average Bonchev–Trinajstić information content (AvgIpc) is 2.57. The van der Waals surface area contributed by atoms with E-state index in [9.17, 15) is 0 Å². The molecule has 0 aromatic carbocycles. The summed E-state index contributed by atoms with van der Waals surface area (Å²) in [5, 5.41) is 4.46. The maximum atomic E-state index is 5.46. The second kappa shape index (κ2) is 6.93. The fraction of sp³-hybridized carbons (Fsp3) is 0.727. The molecule has 86 valence electrons. The molecule has 0 fully saturated rings. The highest BCUT2D eigenvalue weighted by molar-refractivity contribution is 7.11. The lowest BCUT2D eigenvalue weighted by Gasteiger charge is -2.06. The van der Waals surface area contributed by atoms with Crippen molar-refractivity contribution < 1.29 is 4.74 Å². The van der Waals surface area contributed by atoms with Crippen LogP contribution in [0.15, 0.2) is 6.20 Å². The van der Waals surface area contributed by atoms with E-state index in [-0.39, 0.29) is 0 Å². The molecule has 3 nitrogen and oxygen atoms in total. The molecule has 15 heavy (non-hydrogen) atoms. The second-order valence-electron chi connectivity index (χ2n) is 3.99. The molecule has 1 rings (SSSR count).